The van der Waals surface area contributed by atoms with Crippen LogP contribution in [0.4, 0.5) is 0 Å². The molecule has 0 spiro atoms. The second-order valence-electron chi connectivity index (χ2n) is 7.37. The number of rotatable bonds is 7. The highest BCUT2D eigenvalue weighted by molar-refractivity contribution is 6.32. The van der Waals surface area contributed by atoms with E-state index in [1.807, 2.05) is 43.5 Å². The first-order valence-electron chi connectivity index (χ1n) is 9.15. The van der Waals surface area contributed by atoms with Gasteiger partial charge in [0.15, 0.2) is 0 Å². The van der Waals surface area contributed by atoms with Crippen LogP contribution in [0.15, 0.2) is 42.7 Å². The Balaban J connectivity index is 1.40. The molecular weight excluding hydrogens is 362 g/mol. The molecule has 27 heavy (non-hydrogen) atoms. The number of pyridine rings is 1. The number of ether oxygens (including phenoxy) is 1. The van der Waals surface area contributed by atoms with E-state index < -0.39 is 0 Å². The first-order chi connectivity index (χ1) is 13.0. The Labute approximate surface area is 163 Å². The van der Waals surface area contributed by atoms with Gasteiger partial charge in [-0.05, 0) is 36.6 Å². The van der Waals surface area contributed by atoms with Gasteiger partial charge in [-0.25, -0.2) is 0 Å². The van der Waals surface area contributed by atoms with Gasteiger partial charge in [0.05, 0.1) is 18.2 Å². The number of hydrogen-bond acceptors (Lipinski definition) is 3. The van der Waals surface area contributed by atoms with Crippen molar-refractivity contribution >= 4 is 28.4 Å². The number of nitrogens with one attached hydrogen (secondary N) is 2. The zero-order valence-corrected chi connectivity index (χ0v) is 16.0. The summed E-state index contributed by atoms with van der Waals surface area (Å²) in [7, 11) is 0. The van der Waals surface area contributed by atoms with Crippen LogP contribution in [0.1, 0.15) is 31.0 Å². The molecule has 2 aromatic heterocycles. The maximum atomic E-state index is 12.1. The van der Waals surface area contributed by atoms with Gasteiger partial charge in [-0.2, -0.15) is 0 Å². The minimum atomic E-state index is -0.162. The zero-order chi connectivity index (χ0) is 18.9. The molecule has 3 aromatic rings. The topological polar surface area (TPSA) is 67.0 Å². The molecular formula is C21H22ClN3O2. The van der Waals surface area contributed by atoms with Crippen molar-refractivity contribution in [2.24, 2.45) is 5.41 Å². The molecule has 0 aliphatic heterocycles. The van der Waals surface area contributed by atoms with Gasteiger partial charge in [0.1, 0.15) is 5.75 Å². The van der Waals surface area contributed by atoms with Crippen LogP contribution in [0.25, 0.3) is 10.9 Å². The Bertz CT molecular complexity index is 964. The fourth-order valence-electron chi connectivity index (χ4n) is 3.03. The molecule has 0 atom stereocenters. The summed E-state index contributed by atoms with van der Waals surface area (Å²) in [5, 5.41) is 4.58. The predicted octanol–water partition coefficient (Wildman–Crippen LogP) is 4.25. The van der Waals surface area contributed by atoms with Gasteiger partial charge in [-0.3, -0.25) is 9.78 Å². The average Bonchev–Trinajstić information content (AvgIpc) is 3.30. The highest BCUT2D eigenvalue weighted by atomic mass is 35.5. The fraction of sp³-hybridized carbons (Fsp3) is 0.333. The number of nitrogens with zero attached hydrogens (tertiary/aromatic N) is 1. The van der Waals surface area contributed by atoms with E-state index in [1.54, 1.807) is 6.20 Å². The van der Waals surface area contributed by atoms with Crippen molar-refractivity contribution in [3.63, 3.8) is 0 Å². The SMILES string of the molecule is CC1(C(=O)NCc2cc3cc(Cl)c(OCCc4cccnc4)cc3[nH]2)CC1. The lowest BCUT2D eigenvalue weighted by Gasteiger charge is -2.08. The van der Waals surface area contributed by atoms with Gasteiger partial charge in [0.25, 0.3) is 0 Å². The van der Waals surface area contributed by atoms with Crippen LogP contribution in [0.2, 0.25) is 5.02 Å². The minimum Gasteiger partial charge on any atom is -0.492 e. The van der Waals surface area contributed by atoms with Crippen molar-refractivity contribution in [2.75, 3.05) is 6.61 Å². The largest absolute Gasteiger partial charge is 0.492 e. The number of fused-ring (bicyclic) bond motifs is 1. The molecule has 0 bridgehead atoms. The van der Waals surface area contributed by atoms with Gasteiger partial charge in [0, 0.05) is 46.9 Å². The van der Waals surface area contributed by atoms with Crippen molar-refractivity contribution in [2.45, 2.75) is 32.7 Å². The number of amides is 1. The number of aromatic nitrogens is 2. The number of hydrogen-bond donors (Lipinski definition) is 2. The number of carbonyl (C=O) groups is 1. The first-order valence-corrected chi connectivity index (χ1v) is 9.52. The van der Waals surface area contributed by atoms with E-state index in [0.717, 1.165) is 41.4 Å². The number of aromatic amines is 1. The van der Waals surface area contributed by atoms with Gasteiger partial charge in [0.2, 0.25) is 5.91 Å². The molecule has 1 aromatic carbocycles. The summed E-state index contributed by atoms with van der Waals surface area (Å²) in [5.41, 5.74) is 2.85. The van der Waals surface area contributed by atoms with Crippen LogP contribution >= 0.6 is 11.6 Å². The summed E-state index contributed by atoms with van der Waals surface area (Å²) in [6.45, 7) is 3.01. The smallest absolute Gasteiger partial charge is 0.226 e. The molecule has 1 aliphatic carbocycles. The standard InChI is InChI=1S/C21H22ClN3O2/c1-21(5-6-21)20(26)24-13-16-9-15-10-17(22)19(11-18(15)25-16)27-8-4-14-3-2-7-23-12-14/h2-3,7,9-12,25H,4-6,8,13H2,1H3,(H,24,26). The van der Waals surface area contributed by atoms with Gasteiger partial charge in [-0.15, -0.1) is 0 Å². The number of halogens is 1. The molecule has 140 valence electrons. The van der Waals surface area contributed by atoms with Crippen molar-refractivity contribution in [1.29, 1.82) is 0 Å². The quantitative estimate of drug-likeness (QED) is 0.640. The molecule has 1 amide bonds. The van der Waals surface area contributed by atoms with Crippen LogP contribution in [0.3, 0.4) is 0 Å². The van der Waals surface area contributed by atoms with Crippen LogP contribution < -0.4 is 10.1 Å². The van der Waals surface area contributed by atoms with Crippen LogP contribution in [-0.4, -0.2) is 22.5 Å². The normalized spacial score (nSPS) is 14.9. The summed E-state index contributed by atoms with van der Waals surface area (Å²) in [5.74, 6) is 0.773. The van der Waals surface area contributed by atoms with Crippen LogP contribution in [-0.2, 0) is 17.8 Å². The molecule has 5 nitrogen and oxygen atoms in total. The molecule has 1 aliphatic rings. The molecule has 2 N–H and O–H groups in total. The molecule has 0 radical (unpaired) electrons. The summed E-state index contributed by atoms with van der Waals surface area (Å²) in [4.78, 5) is 19.5. The van der Waals surface area contributed by atoms with Gasteiger partial charge in [-0.1, -0.05) is 24.6 Å². The summed E-state index contributed by atoms with van der Waals surface area (Å²) in [6.07, 6.45) is 6.30. The number of benzene rings is 1. The predicted molar refractivity (Wildman–Crippen MR) is 106 cm³/mol. The Morgan fingerprint density at radius 2 is 2.22 bits per heavy atom. The van der Waals surface area contributed by atoms with E-state index in [0.29, 0.717) is 23.9 Å². The number of H-pyrrole nitrogens is 1. The van der Waals surface area contributed by atoms with E-state index in [-0.39, 0.29) is 11.3 Å². The Morgan fingerprint density at radius 3 is 2.96 bits per heavy atom. The van der Waals surface area contributed by atoms with Crippen molar-refractivity contribution < 1.29 is 9.53 Å². The maximum absolute atomic E-state index is 12.1. The lowest BCUT2D eigenvalue weighted by molar-refractivity contribution is -0.125. The Kier molecular flexibility index (Phi) is 4.79. The van der Waals surface area contributed by atoms with E-state index in [4.69, 9.17) is 16.3 Å². The summed E-state index contributed by atoms with van der Waals surface area (Å²) in [6, 6.07) is 9.75. The third-order valence-corrected chi connectivity index (χ3v) is 5.38. The van der Waals surface area contributed by atoms with Gasteiger partial charge >= 0.3 is 0 Å². The first kappa shape index (κ1) is 17.9. The highest BCUT2D eigenvalue weighted by Crippen LogP contribution is 2.45. The molecule has 1 fully saturated rings. The summed E-state index contributed by atoms with van der Waals surface area (Å²) >= 11 is 6.37. The van der Waals surface area contributed by atoms with Crippen LogP contribution in [0, 0.1) is 5.41 Å². The molecule has 0 saturated heterocycles. The fourth-order valence-corrected chi connectivity index (χ4v) is 3.25. The van der Waals surface area contributed by atoms with Crippen molar-refractivity contribution in [3.05, 3.63) is 59.0 Å². The van der Waals surface area contributed by atoms with Gasteiger partial charge < -0.3 is 15.0 Å². The van der Waals surface area contributed by atoms with Crippen molar-refractivity contribution in [1.82, 2.24) is 15.3 Å². The molecule has 6 heteroatoms. The lowest BCUT2D eigenvalue weighted by atomic mass is 10.1. The lowest BCUT2D eigenvalue weighted by Crippen LogP contribution is -2.29. The van der Waals surface area contributed by atoms with E-state index >= 15 is 0 Å². The minimum absolute atomic E-state index is 0.124. The molecule has 4 rings (SSSR count). The second kappa shape index (κ2) is 7.24. The molecule has 0 unspecified atom stereocenters. The van der Waals surface area contributed by atoms with E-state index in [2.05, 4.69) is 15.3 Å². The highest BCUT2D eigenvalue weighted by Gasteiger charge is 2.44. The Morgan fingerprint density at radius 1 is 1.37 bits per heavy atom. The second-order valence-corrected chi connectivity index (χ2v) is 7.77. The monoisotopic (exact) mass is 383 g/mol. The Hall–Kier alpha value is -2.53. The summed E-state index contributed by atoms with van der Waals surface area (Å²) < 4.78 is 5.86. The third-order valence-electron chi connectivity index (χ3n) is 5.09. The third kappa shape index (κ3) is 4.08. The number of carbonyl (C=O) groups excluding carboxylic acids is 1. The van der Waals surface area contributed by atoms with Crippen LogP contribution in [0.5, 0.6) is 5.75 Å². The molecule has 1 saturated carbocycles. The van der Waals surface area contributed by atoms with E-state index in [9.17, 15) is 4.79 Å². The molecule has 2 heterocycles. The zero-order valence-electron chi connectivity index (χ0n) is 15.2. The maximum Gasteiger partial charge on any atom is 0.226 e. The van der Waals surface area contributed by atoms with E-state index in [1.165, 1.54) is 0 Å². The average molecular weight is 384 g/mol. The van der Waals surface area contributed by atoms with Crippen molar-refractivity contribution in [3.8, 4) is 5.75 Å².